The van der Waals surface area contributed by atoms with Crippen LogP contribution in [0.25, 0.3) is 0 Å². The fourth-order valence-electron chi connectivity index (χ4n) is 3.47. The third kappa shape index (κ3) is 2.37. The van der Waals surface area contributed by atoms with Crippen LogP contribution in [0, 0.1) is 12.8 Å². The van der Waals surface area contributed by atoms with Gasteiger partial charge in [0, 0.05) is 13.1 Å². The van der Waals surface area contributed by atoms with E-state index in [2.05, 4.69) is 17.7 Å². The Morgan fingerprint density at radius 3 is 2.67 bits per heavy atom. The molecule has 2 fully saturated rings. The molecule has 0 spiro atoms. The summed E-state index contributed by atoms with van der Waals surface area (Å²) in [4.78, 5) is 29.2. The van der Waals surface area contributed by atoms with Gasteiger partial charge in [-0.3, -0.25) is 9.59 Å². The van der Waals surface area contributed by atoms with Crippen molar-refractivity contribution in [2.45, 2.75) is 52.2 Å². The molecule has 4 nitrogen and oxygen atoms in total. The molecular formula is C16H22N2O2S. The summed E-state index contributed by atoms with van der Waals surface area (Å²) in [5.74, 6) is 0.415. The van der Waals surface area contributed by atoms with Gasteiger partial charge in [0.1, 0.15) is 12.1 Å². The van der Waals surface area contributed by atoms with Crippen LogP contribution >= 0.6 is 11.3 Å². The van der Waals surface area contributed by atoms with Crippen LogP contribution < -0.4 is 0 Å². The molecule has 2 aliphatic heterocycles. The molecule has 3 rings (SSSR count). The summed E-state index contributed by atoms with van der Waals surface area (Å²) in [7, 11) is 0. The van der Waals surface area contributed by atoms with Gasteiger partial charge >= 0.3 is 0 Å². The lowest BCUT2D eigenvalue weighted by Gasteiger charge is -2.44. The molecular weight excluding hydrogens is 284 g/mol. The molecule has 2 amide bonds. The smallest absolute Gasteiger partial charge is 0.246 e. The lowest BCUT2D eigenvalue weighted by Crippen LogP contribution is -2.63. The molecule has 5 heteroatoms. The Balaban J connectivity index is 1.92. The van der Waals surface area contributed by atoms with Crippen molar-refractivity contribution in [2.24, 2.45) is 5.92 Å². The van der Waals surface area contributed by atoms with Gasteiger partial charge in [-0.2, -0.15) is 11.3 Å². The molecule has 114 valence electrons. The monoisotopic (exact) mass is 306 g/mol. The molecule has 0 aliphatic carbocycles. The van der Waals surface area contributed by atoms with Gasteiger partial charge < -0.3 is 9.80 Å². The normalized spacial score (nSPS) is 25.9. The molecule has 0 radical (unpaired) electrons. The number of hydrogen-bond acceptors (Lipinski definition) is 3. The van der Waals surface area contributed by atoms with E-state index in [0.717, 1.165) is 19.4 Å². The van der Waals surface area contributed by atoms with Crippen LogP contribution in [0.4, 0.5) is 0 Å². The van der Waals surface area contributed by atoms with E-state index in [0.29, 0.717) is 6.54 Å². The van der Waals surface area contributed by atoms with E-state index >= 15 is 0 Å². The minimum atomic E-state index is -0.314. The Labute approximate surface area is 129 Å². The fourth-order valence-corrected chi connectivity index (χ4v) is 4.32. The summed E-state index contributed by atoms with van der Waals surface area (Å²) < 4.78 is 0. The maximum atomic E-state index is 12.8. The predicted octanol–water partition coefficient (Wildman–Crippen LogP) is 2.41. The number of thiophene rings is 1. The topological polar surface area (TPSA) is 40.6 Å². The maximum Gasteiger partial charge on any atom is 0.246 e. The van der Waals surface area contributed by atoms with Crippen LogP contribution in [-0.4, -0.2) is 40.2 Å². The van der Waals surface area contributed by atoms with E-state index in [1.54, 1.807) is 11.3 Å². The summed E-state index contributed by atoms with van der Waals surface area (Å²) in [6.07, 6.45) is 1.76. The summed E-state index contributed by atoms with van der Waals surface area (Å²) >= 11 is 1.65. The molecule has 1 aromatic rings. The van der Waals surface area contributed by atoms with Gasteiger partial charge in [-0.25, -0.2) is 0 Å². The third-order valence-electron chi connectivity index (χ3n) is 4.63. The van der Waals surface area contributed by atoms with E-state index < -0.39 is 0 Å². The summed E-state index contributed by atoms with van der Waals surface area (Å²) in [5.41, 5.74) is 2.37. The van der Waals surface area contributed by atoms with E-state index in [-0.39, 0.29) is 29.8 Å². The van der Waals surface area contributed by atoms with Crippen molar-refractivity contribution in [2.75, 3.05) is 6.54 Å². The molecule has 2 atom stereocenters. The fraction of sp³-hybridized carbons (Fsp3) is 0.625. The quantitative estimate of drug-likeness (QED) is 0.860. The molecule has 0 N–H and O–H groups in total. The number of aryl methyl sites for hydroxylation is 1. The van der Waals surface area contributed by atoms with E-state index in [9.17, 15) is 9.59 Å². The zero-order chi connectivity index (χ0) is 15.1. The number of carbonyl (C=O) groups is 2. The number of rotatable bonds is 3. The van der Waals surface area contributed by atoms with E-state index in [4.69, 9.17) is 0 Å². The van der Waals surface area contributed by atoms with Crippen molar-refractivity contribution in [1.82, 2.24) is 9.80 Å². The highest BCUT2D eigenvalue weighted by molar-refractivity contribution is 7.08. The standard InChI is InChI=1S/C16H22N2O2S/c1-10(2)14-16(20)17-6-4-5-13(17)15(19)18(14)7-12-9-21-8-11(12)3/h8-10,13-14H,4-7H2,1-3H3. The first-order valence-corrected chi connectivity index (χ1v) is 8.57. The maximum absolute atomic E-state index is 12.8. The van der Waals surface area contributed by atoms with Crippen LogP contribution in [-0.2, 0) is 16.1 Å². The number of fused-ring (bicyclic) bond motifs is 1. The van der Waals surface area contributed by atoms with Crippen molar-refractivity contribution in [3.05, 3.63) is 21.9 Å². The Hall–Kier alpha value is -1.36. The summed E-state index contributed by atoms with van der Waals surface area (Å²) in [6.45, 7) is 7.42. The van der Waals surface area contributed by atoms with E-state index in [1.165, 1.54) is 11.1 Å². The highest BCUT2D eigenvalue weighted by atomic mass is 32.1. The van der Waals surface area contributed by atoms with Crippen LogP contribution in [0.3, 0.4) is 0 Å². The van der Waals surface area contributed by atoms with Crippen molar-refractivity contribution in [3.8, 4) is 0 Å². The zero-order valence-electron chi connectivity index (χ0n) is 12.8. The molecule has 0 aromatic carbocycles. The number of carbonyl (C=O) groups excluding carboxylic acids is 2. The van der Waals surface area contributed by atoms with Crippen LogP contribution in [0.5, 0.6) is 0 Å². The van der Waals surface area contributed by atoms with Gasteiger partial charge in [-0.05, 0) is 47.6 Å². The molecule has 2 unspecified atom stereocenters. The second-order valence-corrected chi connectivity index (χ2v) is 7.17. The Morgan fingerprint density at radius 1 is 1.29 bits per heavy atom. The number of piperazine rings is 1. The van der Waals surface area contributed by atoms with Crippen LogP contribution in [0.1, 0.15) is 37.8 Å². The average molecular weight is 306 g/mol. The SMILES string of the molecule is Cc1cscc1CN1C(=O)C2CCCN2C(=O)C1C(C)C. The molecule has 1 aromatic heterocycles. The van der Waals surface area contributed by atoms with Gasteiger partial charge in [0.05, 0.1) is 0 Å². The van der Waals surface area contributed by atoms with Crippen molar-refractivity contribution in [1.29, 1.82) is 0 Å². The van der Waals surface area contributed by atoms with Gasteiger partial charge in [-0.15, -0.1) is 0 Å². The second kappa shape index (κ2) is 5.44. The van der Waals surface area contributed by atoms with E-state index in [1.807, 2.05) is 23.6 Å². The molecule has 3 heterocycles. The lowest BCUT2D eigenvalue weighted by molar-refractivity contribution is -0.162. The van der Waals surface area contributed by atoms with Gasteiger partial charge in [-0.1, -0.05) is 13.8 Å². The van der Waals surface area contributed by atoms with Crippen molar-refractivity contribution in [3.63, 3.8) is 0 Å². The molecule has 2 saturated heterocycles. The highest BCUT2D eigenvalue weighted by Gasteiger charge is 2.48. The molecule has 0 bridgehead atoms. The largest absolute Gasteiger partial charge is 0.329 e. The average Bonchev–Trinajstić information content (AvgIpc) is 3.05. The molecule has 21 heavy (non-hydrogen) atoms. The Kier molecular flexibility index (Phi) is 3.78. The van der Waals surface area contributed by atoms with Crippen molar-refractivity contribution < 1.29 is 9.59 Å². The number of hydrogen-bond donors (Lipinski definition) is 0. The first-order valence-electron chi connectivity index (χ1n) is 7.63. The first kappa shape index (κ1) is 14.6. The van der Waals surface area contributed by atoms with Gasteiger partial charge in [0.25, 0.3) is 0 Å². The first-order chi connectivity index (χ1) is 10.0. The number of nitrogens with zero attached hydrogens (tertiary/aromatic N) is 2. The minimum Gasteiger partial charge on any atom is -0.329 e. The minimum absolute atomic E-state index is 0.136. The molecule has 2 aliphatic rings. The summed E-state index contributed by atoms with van der Waals surface area (Å²) in [5, 5.41) is 4.18. The van der Waals surface area contributed by atoms with Gasteiger partial charge in [0.15, 0.2) is 0 Å². The molecule has 0 saturated carbocycles. The lowest BCUT2D eigenvalue weighted by atomic mass is 9.95. The second-order valence-electron chi connectivity index (χ2n) is 6.42. The number of amides is 2. The highest BCUT2D eigenvalue weighted by Crippen LogP contribution is 2.31. The Bertz CT molecular complexity index is 566. The van der Waals surface area contributed by atoms with Crippen molar-refractivity contribution >= 4 is 23.2 Å². The summed E-state index contributed by atoms with van der Waals surface area (Å²) in [6, 6.07) is -0.530. The zero-order valence-corrected chi connectivity index (χ0v) is 13.7. The van der Waals surface area contributed by atoms with Crippen LogP contribution in [0.15, 0.2) is 10.8 Å². The Morgan fingerprint density at radius 2 is 2.05 bits per heavy atom. The predicted molar refractivity (Wildman–Crippen MR) is 83.0 cm³/mol. The third-order valence-corrected chi connectivity index (χ3v) is 5.54. The van der Waals surface area contributed by atoms with Crippen LogP contribution in [0.2, 0.25) is 0 Å². The van der Waals surface area contributed by atoms with Gasteiger partial charge in [0.2, 0.25) is 11.8 Å².